The van der Waals surface area contributed by atoms with Crippen LogP contribution >= 0.6 is 15.9 Å². The molecule has 0 atom stereocenters. The SMILES string of the molecule is C#CCNC(=O)c1nn(-c2cc(C)c(Oc3ccc(OC)c(Br)c3)c(C)c2)c(=O)[nH]c1=O. The molecule has 0 aliphatic carbocycles. The zero-order valence-corrected chi connectivity index (χ0v) is 19.1. The first-order valence-corrected chi connectivity index (χ1v) is 10.1. The monoisotopic (exact) mass is 498 g/mol. The van der Waals surface area contributed by atoms with Crippen LogP contribution in [0.4, 0.5) is 0 Å². The Kier molecular flexibility index (Phi) is 6.80. The first-order valence-electron chi connectivity index (χ1n) is 9.33. The number of aromatic nitrogens is 3. The van der Waals surface area contributed by atoms with Crippen LogP contribution in [0.15, 0.2) is 44.4 Å². The number of nitrogens with zero attached hydrogens (tertiary/aromatic N) is 2. The van der Waals surface area contributed by atoms with E-state index in [0.717, 1.165) is 9.15 Å². The fourth-order valence-electron chi connectivity index (χ4n) is 2.98. The van der Waals surface area contributed by atoms with Gasteiger partial charge >= 0.3 is 5.69 Å². The van der Waals surface area contributed by atoms with Crippen LogP contribution in [0.5, 0.6) is 17.2 Å². The van der Waals surface area contributed by atoms with Crippen molar-refractivity contribution in [3.63, 3.8) is 0 Å². The lowest BCUT2D eigenvalue weighted by Gasteiger charge is -2.15. The minimum atomic E-state index is -0.903. The molecule has 9 nitrogen and oxygen atoms in total. The number of rotatable bonds is 6. The number of aryl methyl sites for hydroxylation is 2. The maximum absolute atomic E-state index is 12.4. The Bertz CT molecular complexity index is 1330. The van der Waals surface area contributed by atoms with Crippen molar-refractivity contribution in [1.82, 2.24) is 20.1 Å². The molecule has 0 radical (unpaired) electrons. The number of aromatic amines is 1. The van der Waals surface area contributed by atoms with Gasteiger partial charge in [-0.15, -0.1) is 6.42 Å². The van der Waals surface area contributed by atoms with E-state index in [2.05, 4.69) is 37.2 Å². The van der Waals surface area contributed by atoms with Crippen molar-refractivity contribution >= 4 is 21.8 Å². The summed E-state index contributed by atoms with van der Waals surface area (Å²) < 4.78 is 12.9. The molecule has 0 bridgehead atoms. The summed E-state index contributed by atoms with van der Waals surface area (Å²) in [5.41, 5.74) is -0.376. The maximum Gasteiger partial charge on any atom is 0.349 e. The van der Waals surface area contributed by atoms with Crippen LogP contribution < -0.4 is 26.0 Å². The quantitative estimate of drug-likeness (QED) is 0.504. The van der Waals surface area contributed by atoms with Crippen LogP contribution in [0.1, 0.15) is 21.6 Å². The van der Waals surface area contributed by atoms with Crippen molar-refractivity contribution < 1.29 is 14.3 Å². The van der Waals surface area contributed by atoms with Gasteiger partial charge in [-0.25, -0.2) is 4.79 Å². The second-order valence-electron chi connectivity index (χ2n) is 6.71. The minimum Gasteiger partial charge on any atom is -0.496 e. The third-order valence-electron chi connectivity index (χ3n) is 4.43. The number of hydrogen-bond donors (Lipinski definition) is 2. The van der Waals surface area contributed by atoms with Gasteiger partial charge in [-0.2, -0.15) is 9.78 Å². The minimum absolute atomic E-state index is 0.0786. The summed E-state index contributed by atoms with van der Waals surface area (Å²) in [6.07, 6.45) is 5.12. The summed E-state index contributed by atoms with van der Waals surface area (Å²) >= 11 is 3.42. The number of carbonyl (C=O) groups is 1. The number of carbonyl (C=O) groups excluding carboxylic acids is 1. The lowest BCUT2D eigenvalue weighted by molar-refractivity contribution is 0.0950. The molecule has 2 aromatic carbocycles. The summed E-state index contributed by atoms with van der Waals surface area (Å²) in [7, 11) is 1.57. The van der Waals surface area contributed by atoms with Crippen LogP contribution in [0, 0.1) is 26.2 Å². The number of methoxy groups -OCH3 is 1. The molecule has 164 valence electrons. The highest BCUT2D eigenvalue weighted by Crippen LogP contribution is 2.34. The van der Waals surface area contributed by atoms with Gasteiger partial charge < -0.3 is 14.8 Å². The third kappa shape index (κ3) is 4.73. The molecule has 0 aliphatic rings. The largest absolute Gasteiger partial charge is 0.496 e. The van der Waals surface area contributed by atoms with E-state index >= 15 is 0 Å². The first-order chi connectivity index (χ1) is 15.2. The Morgan fingerprint density at radius 1 is 1.25 bits per heavy atom. The summed E-state index contributed by atoms with van der Waals surface area (Å²) in [6, 6.07) is 8.65. The molecule has 3 aromatic rings. The molecule has 1 amide bonds. The van der Waals surface area contributed by atoms with E-state index in [4.69, 9.17) is 15.9 Å². The van der Waals surface area contributed by atoms with Gasteiger partial charge in [0.25, 0.3) is 11.5 Å². The molecule has 0 saturated heterocycles. The number of halogens is 1. The number of ether oxygens (including phenoxy) is 2. The topological polar surface area (TPSA) is 115 Å². The zero-order valence-electron chi connectivity index (χ0n) is 17.5. The standard InChI is InChI=1S/C22H19BrN4O5/c1-5-8-24-20(28)18-21(29)25-22(30)27(26-18)14-9-12(2)19(13(3)10-14)32-15-6-7-17(31-4)16(23)11-15/h1,6-7,9-11H,8H2,2-4H3,(H,24,28)(H,25,29,30). The molecule has 1 aromatic heterocycles. The van der Waals surface area contributed by atoms with Crippen LogP contribution in [0.3, 0.4) is 0 Å². The van der Waals surface area contributed by atoms with E-state index in [9.17, 15) is 14.4 Å². The second-order valence-corrected chi connectivity index (χ2v) is 7.57. The van der Waals surface area contributed by atoms with Gasteiger partial charge in [0.15, 0.2) is 0 Å². The average molecular weight is 499 g/mol. The summed E-state index contributed by atoms with van der Waals surface area (Å²) in [4.78, 5) is 38.6. The molecule has 0 spiro atoms. The third-order valence-corrected chi connectivity index (χ3v) is 5.05. The molecule has 0 saturated carbocycles. The molecule has 0 fully saturated rings. The summed E-state index contributed by atoms with van der Waals surface area (Å²) in [5, 5.41) is 6.29. The Balaban J connectivity index is 2.00. The Morgan fingerprint density at radius 2 is 1.94 bits per heavy atom. The van der Waals surface area contributed by atoms with Crippen molar-refractivity contribution in [2.45, 2.75) is 13.8 Å². The summed E-state index contributed by atoms with van der Waals surface area (Å²) in [5.74, 6) is 3.30. The maximum atomic E-state index is 12.4. The number of H-pyrrole nitrogens is 1. The van der Waals surface area contributed by atoms with Crippen molar-refractivity contribution in [3.8, 4) is 35.3 Å². The van der Waals surface area contributed by atoms with Gasteiger partial charge in [-0.05, 0) is 71.2 Å². The number of nitrogens with one attached hydrogen (secondary N) is 2. The molecule has 10 heteroatoms. The van der Waals surface area contributed by atoms with Crippen molar-refractivity contribution in [2.75, 3.05) is 13.7 Å². The normalized spacial score (nSPS) is 10.3. The number of terminal acetylenes is 1. The number of benzene rings is 2. The fourth-order valence-corrected chi connectivity index (χ4v) is 3.50. The van der Waals surface area contributed by atoms with Gasteiger partial charge in [-0.1, -0.05) is 5.92 Å². The van der Waals surface area contributed by atoms with E-state index in [1.54, 1.807) is 37.4 Å². The highest BCUT2D eigenvalue weighted by Gasteiger charge is 2.17. The highest BCUT2D eigenvalue weighted by molar-refractivity contribution is 9.10. The van der Waals surface area contributed by atoms with Gasteiger partial charge in [0.2, 0.25) is 5.69 Å². The van der Waals surface area contributed by atoms with Crippen molar-refractivity contribution in [2.24, 2.45) is 0 Å². The lowest BCUT2D eigenvalue weighted by Crippen LogP contribution is -2.39. The molecule has 1 heterocycles. The lowest BCUT2D eigenvalue weighted by atomic mass is 10.1. The van der Waals surface area contributed by atoms with Gasteiger partial charge in [0.1, 0.15) is 17.2 Å². The Labute approximate surface area is 191 Å². The van der Waals surface area contributed by atoms with E-state index in [1.165, 1.54) is 0 Å². The molecule has 0 unspecified atom stereocenters. The number of amides is 1. The van der Waals surface area contributed by atoms with Crippen molar-refractivity contribution in [3.05, 3.63) is 72.5 Å². The van der Waals surface area contributed by atoms with E-state index < -0.39 is 22.9 Å². The first kappa shape index (κ1) is 22.8. The van der Waals surface area contributed by atoms with Crippen LogP contribution in [0.2, 0.25) is 0 Å². The van der Waals surface area contributed by atoms with E-state index in [1.807, 2.05) is 13.8 Å². The molecule has 32 heavy (non-hydrogen) atoms. The number of hydrogen-bond acceptors (Lipinski definition) is 6. The Morgan fingerprint density at radius 3 is 2.53 bits per heavy atom. The van der Waals surface area contributed by atoms with Gasteiger partial charge in [0, 0.05) is 0 Å². The molecular formula is C22H19BrN4O5. The van der Waals surface area contributed by atoms with Crippen LogP contribution in [-0.2, 0) is 0 Å². The predicted octanol–water partition coefficient (Wildman–Crippen LogP) is 2.46. The van der Waals surface area contributed by atoms with Gasteiger partial charge in [0.05, 0.1) is 23.8 Å². The van der Waals surface area contributed by atoms with Crippen LogP contribution in [0.25, 0.3) is 5.69 Å². The zero-order chi connectivity index (χ0) is 23.4. The molecule has 0 aliphatic heterocycles. The second kappa shape index (κ2) is 9.53. The Hall–Kier alpha value is -3.84. The van der Waals surface area contributed by atoms with Gasteiger partial charge in [-0.3, -0.25) is 14.6 Å². The summed E-state index contributed by atoms with van der Waals surface area (Å²) in [6.45, 7) is 3.54. The predicted molar refractivity (Wildman–Crippen MR) is 122 cm³/mol. The highest BCUT2D eigenvalue weighted by atomic mass is 79.9. The molecular weight excluding hydrogens is 480 g/mol. The van der Waals surface area contributed by atoms with E-state index in [0.29, 0.717) is 34.1 Å². The molecule has 2 N–H and O–H groups in total. The average Bonchev–Trinajstić information content (AvgIpc) is 2.74. The fraction of sp³-hybridized carbons (Fsp3) is 0.182. The smallest absolute Gasteiger partial charge is 0.349 e. The molecule has 3 rings (SSSR count). The van der Waals surface area contributed by atoms with E-state index in [-0.39, 0.29) is 6.54 Å². The van der Waals surface area contributed by atoms with Crippen LogP contribution in [-0.4, -0.2) is 34.3 Å². The van der Waals surface area contributed by atoms with Crippen molar-refractivity contribution in [1.29, 1.82) is 0 Å².